The summed E-state index contributed by atoms with van der Waals surface area (Å²) in [5.41, 5.74) is 1.58. The number of rotatable bonds is 7. The molecule has 1 aromatic rings. The largest absolute Gasteiger partial charge is 0.394 e. The van der Waals surface area contributed by atoms with Crippen LogP contribution in [0.15, 0.2) is 12.1 Å². The number of hydrogen-bond acceptors (Lipinski definition) is 4. The molecule has 19 heavy (non-hydrogen) atoms. The molecule has 0 bridgehead atoms. The highest BCUT2D eigenvalue weighted by molar-refractivity contribution is 6.42. The predicted molar refractivity (Wildman–Crippen MR) is 81.4 cm³/mol. The van der Waals surface area contributed by atoms with E-state index in [0.717, 1.165) is 17.9 Å². The Kier molecular flexibility index (Phi) is 6.72. The Morgan fingerprint density at radius 3 is 1.95 bits per heavy atom. The van der Waals surface area contributed by atoms with Crippen molar-refractivity contribution < 1.29 is 10.2 Å². The minimum absolute atomic E-state index is 0.241. The zero-order valence-electron chi connectivity index (χ0n) is 11.1. The molecule has 0 fully saturated rings. The molecule has 0 aliphatic carbocycles. The van der Waals surface area contributed by atoms with Gasteiger partial charge in [-0.25, -0.2) is 0 Å². The number of hydrogen-bond donors (Lipinski definition) is 4. The first-order valence-corrected chi connectivity index (χ1v) is 6.95. The first kappa shape index (κ1) is 16.4. The van der Waals surface area contributed by atoms with Gasteiger partial charge in [-0.05, 0) is 18.1 Å². The summed E-state index contributed by atoms with van der Waals surface area (Å²) in [6, 6.07) is 3.45. The number of aliphatic hydroxyl groups excluding tert-OH is 2. The lowest BCUT2D eigenvalue weighted by Gasteiger charge is -2.17. The van der Waals surface area contributed by atoms with E-state index in [4.69, 9.17) is 28.3 Å². The zero-order chi connectivity index (χ0) is 14.4. The highest BCUT2D eigenvalue weighted by Crippen LogP contribution is 2.32. The minimum atomic E-state index is -0.813. The molecule has 0 amide bonds. The standard InChI is InChI=1S/C13H20Cl2N2O2/c1-8(2)5-16-12-3-10(14)11(15)4-13(12)17-6-9(19)7-18/h3-4,8-9,16-19H,5-7H2,1-2H3. The summed E-state index contributed by atoms with van der Waals surface area (Å²) >= 11 is 12.0. The van der Waals surface area contributed by atoms with Gasteiger partial charge in [0.15, 0.2) is 0 Å². The van der Waals surface area contributed by atoms with Crippen LogP contribution in [0.4, 0.5) is 11.4 Å². The van der Waals surface area contributed by atoms with Gasteiger partial charge in [-0.2, -0.15) is 0 Å². The maximum Gasteiger partial charge on any atom is 0.0942 e. The van der Waals surface area contributed by atoms with E-state index in [1.807, 2.05) is 0 Å². The van der Waals surface area contributed by atoms with Crippen molar-refractivity contribution in [2.24, 2.45) is 5.92 Å². The van der Waals surface area contributed by atoms with Crippen LogP contribution < -0.4 is 10.6 Å². The molecular formula is C13H20Cl2N2O2. The minimum Gasteiger partial charge on any atom is -0.394 e. The highest BCUT2D eigenvalue weighted by Gasteiger charge is 2.09. The van der Waals surface area contributed by atoms with E-state index in [0.29, 0.717) is 16.0 Å². The van der Waals surface area contributed by atoms with Gasteiger partial charge in [-0.15, -0.1) is 0 Å². The molecule has 0 heterocycles. The van der Waals surface area contributed by atoms with Crippen molar-refractivity contribution in [3.8, 4) is 0 Å². The molecule has 1 aromatic carbocycles. The first-order chi connectivity index (χ1) is 8.93. The van der Waals surface area contributed by atoms with E-state index < -0.39 is 6.10 Å². The number of nitrogens with one attached hydrogen (secondary N) is 2. The topological polar surface area (TPSA) is 64.5 Å². The fourth-order valence-corrected chi connectivity index (χ4v) is 1.77. The van der Waals surface area contributed by atoms with E-state index in [9.17, 15) is 5.11 Å². The fourth-order valence-electron chi connectivity index (χ4n) is 1.45. The van der Waals surface area contributed by atoms with Gasteiger partial charge in [-0.3, -0.25) is 0 Å². The van der Waals surface area contributed by atoms with Crippen LogP contribution in [0.3, 0.4) is 0 Å². The lowest BCUT2D eigenvalue weighted by atomic mass is 10.2. The summed E-state index contributed by atoms with van der Waals surface area (Å²) in [4.78, 5) is 0. The molecule has 0 radical (unpaired) electrons. The lowest BCUT2D eigenvalue weighted by molar-refractivity contribution is 0.105. The second-order valence-electron chi connectivity index (χ2n) is 4.80. The molecule has 4 N–H and O–H groups in total. The van der Waals surface area contributed by atoms with E-state index in [-0.39, 0.29) is 13.2 Å². The van der Waals surface area contributed by atoms with Crippen LogP contribution in [0.5, 0.6) is 0 Å². The molecule has 0 aliphatic rings. The normalized spacial score (nSPS) is 12.6. The van der Waals surface area contributed by atoms with Crippen LogP contribution in [0.2, 0.25) is 10.0 Å². The van der Waals surface area contributed by atoms with Crippen molar-refractivity contribution in [1.29, 1.82) is 0 Å². The fraction of sp³-hybridized carbons (Fsp3) is 0.538. The van der Waals surface area contributed by atoms with Gasteiger partial charge in [0.25, 0.3) is 0 Å². The van der Waals surface area contributed by atoms with Crippen molar-refractivity contribution >= 4 is 34.6 Å². The third-order valence-electron chi connectivity index (χ3n) is 2.50. The highest BCUT2D eigenvalue weighted by atomic mass is 35.5. The SMILES string of the molecule is CC(C)CNc1cc(Cl)c(Cl)cc1NCC(O)CO. The van der Waals surface area contributed by atoms with Gasteiger partial charge in [0.05, 0.1) is 34.1 Å². The summed E-state index contributed by atoms with van der Waals surface area (Å²) in [5, 5.41) is 25.4. The molecular weight excluding hydrogens is 287 g/mol. The van der Waals surface area contributed by atoms with Crippen LogP contribution in [-0.2, 0) is 0 Å². The molecule has 1 unspecified atom stereocenters. The van der Waals surface area contributed by atoms with Crippen molar-refractivity contribution in [3.05, 3.63) is 22.2 Å². The quantitative estimate of drug-likeness (QED) is 0.625. The lowest BCUT2D eigenvalue weighted by Crippen LogP contribution is -2.23. The van der Waals surface area contributed by atoms with E-state index in [1.54, 1.807) is 12.1 Å². The van der Waals surface area contributed by atoms with Crippen LogP contribution in [0.25, 0.3) is 0 Å². The maximum atomic E-state index is 9.36. The smallest absolute Gasteiger partial charge is 0.0942 e. The summed E-state index contributed by atoms with van der Waals surface area (Å²) in [7, 11) is 0. The summed E-state index contributed by atoms with van der Waals surface area (Å²) in [5.74, 6) is 0.491. The van der Waals surface area contributed by atoms with Gasteiger partial charge in [0.2, 0.25) is 0 Å². The third kappa shape index (κ3) is 5.45. The molecule has 108 valence electrons. The molecule has 1 rings (SSSR count). The molecule has 0 aliphatic heterocycles. The molecule has 0 saturated carbocycles. The Bertz CT molecular complexity index is 414. The number of halogens is 2. The molecule has 0 spiro atoms. The number of anilines is 2. The van der Waals surface area contributed by atoms with E-state index in [1.165, 1.54) is 0 Å². The maximum absolute atomic E-state index is 9.36. The second-order valence-corrected chi connectivity index (χ2v) is 5.62. The average molecular weight is 307 g/mol. The van der Waals surface area contributed by atoms with Gasteiger partial charge in [0.1, 0.15) is 0 Å². The number of aliphatic hydroxyl groups is 2. The Labute approximate surface area is 123 Å². The number of benzene rings is 1. The molecule has 6 heteroatoms. The first-order valence-electron chi connectivity index (χ1n) is 6.19. The summed E-state index contributed by atoms with van der Waals surface area (Å²) < 4.78 is 0. The van der Waals surface area contributed by atoms with E-state index >= 15 is 0 Å². The Hall–Kier alpha value is -0.680. The zero-order valence-corrected chi connectivity index (χ0v) is 12.6. The Morgan fingerprint density at radius 2 is 1.53 bits per heavy atom. The predicted octanol–water partition coefficient (Wildman–Crippen LogP) is 2.83. The van der Waals surface area contributed by atoms with Crippen LogP contribution in [0.1, 0.15) is 13.8 Å². The summed E-state index contributed by atoms with van der Waals surface area (Å²) in [6.07, 6.45) is -0.813. The van der Waals surface area contributed by atoms with E-state index in [2.05, 4.69) is 24.5 Å². The molecule has 0 aromatic heterocycles. The summed E-state index contributed by atoms with van der Waals surface area (Å²) in [6.45, 7) is 4.96. The van der Waals surface area contributed by atoms with Gasteiger partial charge in [0, 0.05) is 13.1 Å². The van der Waals surface area contributed by atoms with Gasteiger partial charge >= 0.3 is 0 Å². The Balaban J connectivity index is 2.83. The Morgan fingerprint density at radius 1 is 1.05 bits per heavy atom. The van der Waals surface area contributed by atoms with Crippen molar-refractivity contribution in [2.75, 3.05) is 30.3 Å². The van der Waals surface area contributed by atoms with Gasteiger partial charge < -0.3 is 20.8 Å². The average Bonchev–Trinajstić information content (AvgIpc) is 2.37. The van der Waals surface area contributed by atoms with Crippen LogP contribution in [0, 0.1) is 5.92 Å². The van der Waals surface area contributed by atoms with Crippen molar-refractivity contribution in [2.45, 2.75) is 20.0 Å². The van der Waals surface area contributed by atoms with Crippen LogP contribution in [-0.4, -0.2) is 36.0 Å². The van der Waals surface area contributed by atoms with Crippen molar-refractivity contribution in [1.82, 2.24) is 0 Å². The molecule has 1 atom stereocenters. The van der Waals surface area contributed by atoms with Gasteiger partial charge in [-0.1, -0.05) is 37.0 Å². The third-order valence-corrected chi connectivity index (χ3v) is 3.22. The monoisotopic (exact) mass is 306 g/mol. The van der Waals surface area contributed by atoms with Crippen LogP contribution >= 0.6 is 23.2 Å². The molecule has 4 nitrogen and oxygen atoms in total. The second kappa shape index (κ2) is 7.80. The van der Waals surface area contributed by atoms with Crippen molar-refractivity contribution in [3.63, 3.8) is 0 Å². The molecule has 0 saturated heterocycles.